The Morgan fingerprint density at radius 2 is 1.07 bits per heavy atom. The van der Waals surface area contributed by atoms with Gasteiger partial charge in [-0.3, -0.25) is 0 Å². The van der Waals surface area contributed by atoms with Gasteiger partial charge in [0.1, 0.15) is 0 Å². The van der Waals surface area contributed by atoms with Crippen molar-refractivity contribution in [2.45, 2.75) is 0 Å². The number of carbonyl (C=O) groups is 1. The predicted octanol–water partition coefficient (Wildman–Crippen LogP) is -2.15. The van der Waals surface area contributed by atoms with Crippen molar-refractivity contribution in [1.29, 1.82) is 0 Å². The van der Waals surface area contributed by atoms with Crippen molar-refractivity contribution in [1.82, 2.24) is 0 Å². The van der Waals surface area contributed by atoms with E-state index in [9.17, 15) is 9.13 Å². The first-order chi connectivity index (χ1) is 5.44. The number of phosphoric acid groups is 2. The summed E-state index contributed by atoms with van der Waals surface area (Å²) in [6, 6.07) is 0. The Balaban J connectivity index is -0.0000000883. The standard InChI is InChI=1S/CH2O3.Mg.Na.H4O7P2.3H/c2-1(3)4;;;1-8(2,3)7-9(4,5)6;;;/h(H2,2,3,4);;;(H2,1,2,3)(H2,4,5,6);;;. The van der Waals surface area contributed by atoms with Crippen molar-refractivity contribution in [2.75, 3.05) is 0 Å². The molecule has 0 aromatic carbocycles. The third kappa shape index (κ3) is 50.8. The summed E-state index contributed by atoms with van der Waals surface area (Å²) in [4.78, 5) is 39.6. The predicted molar refractivity (Wildman–Crippen MR) is 51.5 cm³/mol. The van der Waals surface area contributed by atoms with Gasteiger partial charge >= 0.3 is 74.4 Å². The second-order valence-corrected chi connectivity index (χ2v) is 3.96. The molecule has 15 heavy (non-hydrogen) atoms. The van der Waals surface area contributed by atoms with Crippen molar-refractivity contribution in [2.24, 2.45) is 0 Å². The van der Waals surface area contributed by atoms with E-state index < -0.39 is 21.8 Å². The van der Waals surface area contributed by atoms with E-state index >= 15 is 0 Å². The summed E-state index contributed by atoms with van der Waals surface area (Å²) in [7, 11) is -10.1. The molecule has 0 saturated heterocycles. The second kappa shape index (κ2) is 10.5. The molecule has 0 aromatic heterocycles. The van der Waals surface area contributed by atoms with E-state index in [0.717, 1.165) is 0 Å². The molecule has 0 radical (unpaired) electrons. The summed E-state index contributed by atoms with van der Waals surface area (Å²) in [6.45, 7) is 0. The fraction of sp³-hybridized carbons (Fsp3) is 0. The van der Waals surface area contributed by atoms with Crippen LogP contribution in [-0.2, 0) is 13.4 Å². The van der Waals surface area contributed by atoms with Crippen LogP contribution in [0.4, 0.5) is 4.79 Å². The summed E-state index contributed by atoms with van der Waals surface area (Å²) < 4.78 is 22.2. The Kier molecular flexibility index (Phi) is 17.6. The van der Waals surface area contributed by atoms with Gasteiger partial charge in [-0.15, -0.1) is 0 Å². The third-order valence-electron chi connectivity index (χ3n) is 0.213. The van der Waals surface area contributed by atoms with Crippen molar-refractivity contribution in [3.63, 3.8) is 0 Å². The molecular formula is CH9MgNaO10P2. The summed E-state index contributed by atoms with van der Waals surface area (Å²) in [5, 5.41) is 13.9. The maximum atomic E-state index is 9.63. The zero-order chi connectivity index (χ0) is 11.3. The molecule has 14 heteroatoms. The van der Waals surface area contributed by atoms with E-state index in [2.05, 4.69) is 4.31 Å². The normalized spacial score (nSPS) is 9.87. The zero-order valence-corrected chi connectivity index (χ0v) is 7.50. The Morgan fingerprint density at radius 1 is 0.933 bits per heavy atom. The average Bonchev–Trinajstić information content (AvgIpc) is 1.47. The molecule has 10 nitrogen and oxygen atoms in total. The van der Waals surface area contributed by atoms with E-state index in [4.69, 9.17) is 34.6 Å². The van der Waals surface area contributed by atoms with Crippen LogP contribution in [-0.4, -0.2) is 88.6 Å². The average molecular weight is 290 g/mol. The Morgan fingerprint density at radius 3 is 1.07 bits per heavy atom. The molecule has 0 aliphatic carbocycles. The molecule has 0 aliphatic heterocycles. The molecule has 0 bridgehead atoms. The summed E-state index contributed by atoms with van der Waals surface area (Å²) in [5.74, 6) is 0. The zero-order valence-electron chi connectivity index (χ0n) is 5.71. The first-order valence-corrected chi connectivity index (χ1v) is 5.24. The Labute approximate surface area is 122 Å². The molecule has 86 valence electrons. The molecule has 0 atom stereocenters. The maximum absolute atomic E-state index is 9.63. The van der Waals surface area contributed by atoms with Gasteiger partial charge in [-0.25, -0.2) is 13.9 Å². The van der Waals surface area contributed by atoms with Crippen LogP contribution in [0.5, 0.6) is 0 Å². The summed E-state index contributed by atoms with van der Waals surface area (Å²) >= 11 is 0. The van der Waals surface area contributed by atoms with Crippen LogP contribution in [0.1, 0.15) is 0 Å². The van der Waals surface area contributed by atoms with E-state index in [1.54, 1.807) is 0 Å². The third-order valence-corrected chi connectivity index (χ3v) is 1.91. The van der Waals surface area contributed by atoms with E-state index in [1.165, 1.54) is 0 Å². The first-order valence-electron chi connectivity index (χ1n) is 2.18. The van der Waals surface area contributed by atoms with Crippen molar-refractivity contribution < 1.29 is 48.0 Å². The topological polar surface area (TPSA) is 182 Å². The molecule has 6 N–H and O–H groups in total. The van der Waals surface area contributed by atoms with Crippen LogP contribution in [0.3, 0.4) is 0 Å². The van der Waals surface area contributed by atoms with Crippen LogP contribution in [0.15, 0.2) is 0 Å². The van der Waals surface area contributed by atoms with Crippen LogP contribution in [0.25, 0.3) is 0 Å². The molecule has 0 saturated carbocycles. The number of hydrogen-bond acceptors (Lipinski definition) is 4. The van der Waals surface area contributed by atoms with E-state index in [1.807, 2.05) is 0 Å². The molecule has 0 aliphatic rings. The molecule has 0 amide bonds. The molecule has 0 spiro atoms. The van der Waals surface area contributed by atoms with Crippen LogP contribution in [0.2, 0.25) is 0 Å². The van der Waals surface area contributed by atoms with Gasteiger partial charge < -0.3 is 29.8 Å². The van der Waals surface area contributed by atoms with Crippen LogP contribution < -0.4 is 0 Å². The van der Waals surface area contributed by atoms with Crippen LogP contribution in [0, 0.1) is 0 Å². The van der Waals surface area contributed by atoms with Gasteiger partial charge in [0.2, 0.25) is 0 Å². The molecule has 0 rings (SSSR count). The van der Waals surface area contributed by atoms with Gasteiger partial charge in [-0.2, -0.15) is 4.31 Å². The molecule has 0 aromatic rings. The van der Waals surface area contributed by atoms with Crippen LogP contribution >= 0.6 is 15.6 Å². The SMILES string of the molecule is O=C(O)O.O=P(O)(O)OP(=O)(O)O.[MgH2].[NaH]. The Bertz CT molecular complexity index is 228. The van der Waals surface area contributed by atoms with Gasteiger partial charge in [0.25, 0.3) is 0 Å². The number of carboxylic acid groups (broad SMARTS) is 2. The number of rotatable bonds is 2. The van der Waals surface area contributed by atoms with Gasteiger partial charge in [0.05, 0.1) is 0 Å². The van der Waals surface area contributed by atoms with Gasteiger partial charge in [-0.1, -0.05) is 0 Å². The first kappa shape index (κ1) is 25.2. The number of hydrogen-bond donors (Lipinski definition) is 6. The fourth-order valence-corrected chi connectivity index (χ4v) is 1.25. The van der Waals surface area contributed by atoms with Gasteiger partial charge in [-0.05, 0) is 0 Å². The second-order valence-electron chi connectivity index (χ2n) is 1.35. The fourth-order valence-electron chi connectivity index (χ4n) is 0.139. The van der Waals surface area contributed by atoms with Crippen molar-refractivity contribution in [3.05, 3.63) is 0 Å². The molecule has 0 fully saturated rings. The van der Waals surface area contributed by atoms with Crippen molar-refractivity contribution in [3.8, 4) is 0 Å². The molecule has 0 heterocycles. The van der Waals surface area contributed by atoms with E-state index in [0.29, 0.717) is 0 Å². The summed E-state index contributed by atoms with van der Waals surface area (Å²) in [5.41, 5.74) is 0. The molecular weight excluding hydrogens is 281 g/mol. The Hall–Kier alpha value is 1.30. The van der Waals surface area contributed by atoms with E-state index in [-0.39, 0.29) is 52.6 Å². The quantitative estimate of drug-likeness (QED) is 0.242. The van der Waals surface area contributed by atoms with Crippen molar-refractivity contribution >= 4 is 74.4 Å². The summed E-state index contributed by atoms with van der Waals surface area (Å²) in [6.07, 6.45) is -1.83. The minimum absolute atomic E-state index is 0. The minimum atomic E-state index is -5.05. The van der Waals surface area contributed by atoms with Gasteiger partial charge in [0.15, 0.2) is 0 Å². The van der Waals surface area contributed by atoms with Gasteiger partial charge in [0, 0.05) is 0 Å². The monoisotopic (exact) mass is 290 g/mol. The molecule has 0 unspecified atom stereocenters.